The number of hydrogen-bond acceptors (Lipinski definition) is 3. The van der Waals surface area contributed by atoms with Gasteiger partial charge in [0.15, 0.2) is 5.76 Å². The van der Waals surface area contributed by atoms with Crippen molar-refractivity contribution in [3.8, 4) is 0 Å². The first-order valence-electron chi connectivity index (χ1n) is 8.20. The number of carbonyl (C=O) groups excluding carboxylic acids is 2. The van der Waals surface area contributed by atoms with Gasteiger partial charge in [0.2, 0.25) is 5.91 Å². The molecule has 0 aliphatic rings. The Bertz CT molecular complexity index is 1130. The Balaban J connectivity index is 1.60. The molecule has 2 N–H and O–H groups in total. The van der Waals surface area contributed by atoms with Crippen molar-refractivity contribution in [1.82, 2.24) is 0 Å². The molecular weight excluding hydrogens is 328 g/mol. The molecule has 4 aromatic rings. The van der Waals surface area contributed by atoms with E-state index in [-0.39, 0.29) is 17.6 Å². The summed E-state index contributed by atoms with van der Waals surface area (Å²) in [7, 11) is 0. The van der Waals surface area contributed by atoms with Crippen molar-refractivity contribution in [2.75, 3.05) is 10.6 Å². The molecular formula is C21H16N2O3. The third kappa shape index (κ3) is 3.02. The number of nitrogens with one attached hydrogen (secondary N) is 2. The average Bonchev–Trinajstić information content (AvgIpc) is 3.08. The van der Waals surface area contributed by atoms with Crippen LogP contribution >= 0.6 is 0 Å². The highest BCUT2D eigenvalue weighted by Gasteiger charge is 2.14. The summed E-state index contributed by atoms with van der Waals surface area (Å²) in [6, 6.07) is 20.5. The number of anilines is 2. The first kappa shape index (κ1) is 15.9. The van der Waals surface area contributed by atoms with Gasteiger partial charge >= 0.3 is 0 Å². The zero-order valence-electron chi connectivity index (χ0n) is 14.1. The van der Waals surface area contributed by atoms with Gasteiger partial charge < -0.3 is 15.1 Å². The van der Waals surface area contributed by atoms with E-state index in [0.29, 0.717) is 17.0 Å². The molecule has 0 spiro atoms. The summed E-state index contributed by atoms with van der Waals surface area (Å²) in [5.41, 5.74) is 1.97. The van der Waals surface area contributed by atoms with Crippen LogP contribution in [0.3, 0.4) is 0 Å². The second kappa shape index (κ2) is 6.37. The Morgan fingerprint density at radius 2 is 1.50 bits per heavy atom. The topological polar surface area (TPSA) is 71.3 Å². The molecule has 0 saturated heterocycles. The Morgan fingerprint density at radius 3 is 2.23 bits per heavy atom. The number of rotatable bonds is 3. The van der Waals surface area contributed by atoms with E-state index in [1.54, 1.807) is 30.3 Å². The quantitative estimate of drug-likeness (QED) is 0.561. The Kier molecular flexibility index (Phi) is 3.89. The lowest BCUT2D eigenvalue weighted by Gasteiger charge is -2.05. The standard InChI is InChI=1S/C21H16N2O3/c1-13(24)22-15-7-9-16(10-8-15)23-21(25)20-12-18-17-5-3-2-4-14(17)6-11-19(18)26-20/h2-12H,1H3,(H,22,24)(H,23,25). The normalized spacial score (nSPS) is 10.8. The van der Waals surface area contributed by atoms with Crippen LogP contribution in [0.1, 0.15) is 17.5 Å². The van der Waals surface area contributed by atoms with E-state index in [1.165, 1.54) is 6.92 Å². The summed E-state index contributed by atoms with van der Waals surface area (Å²) in [5.74, 6) is -0.212. The predicted molar refractivity (Wildman–Crippen MR) is 102 cm³/mol. The van der Waals surface area contributed by atoms with Crippen LogP contribution in [0, 0.1) is 0 Å². The van der Waals surface area contributed by atoms with Crippen LogP contribution in [0.25, 0.3) is 21.7 Å². The summed E-state index contributed by atoms with van der Waals surface area (Å²) in [4.78, 5) is 23.6. The molecule has 3 aromatic carbocycles. The molecule has 0 saturated carbocycles. The van der Waals surface area contributed by atoms with Crippen molar-refractivity contribution in [3.05, 3.63) is 72.5 Å². The highest BCUT2D eigenvalue weighted by atomic mass is 16.3. The van der Waals surface area contributed by atoms with E-state index < -0.39 is 0 Å². The van der Waals surface area contributed by atoms with Crippen LogP contribution in [0.4, 0.5) is 11.4 Å². The number of benzene rings is 3. The molecule has 128 valence electrons. The van der Waals surface area contributed by atoms with Gasteiger partial charge in [0.1, 0.15) is 5.58 Å². The molecule has 5 nitrogen and oxygen atoms in total. The molecule has 0 aliphatic heterocycles. The minimum absolute atomic E-state index is 0.142. The second-order valence-corrected chi connectivity index (χ2v) is 6.02. The molecule has 0 fully saturated rings. The first-order chi connectivity index (χ1) is 12.6. The van der Waals surface area contributed by atoms with Crippen LogP contribution in [0.5, 0.6) is 0 Å². The van der Waals surface area contributed by atoms with E-state index >= 15 is 0 Å². The lowest BCUT2D eigenvalue weighted by Crippen LogP contribution is -2.11. The molecule has 1 heterocycles. The fourth-order valence-electron chi connectivity index (χ4n) is 2.94. The van der Waals surface area contributed by atoms with Gasteiger partial charge in [-0.2, -0.15) is 0 Å². The average molecular weight is 344 g/mol. The highest BCUT2D eigenvalue weighted by Crippen LogP contribution is 2.28. The lowest BCUT2D eigenvalue weighted by molar-refractivity contribution is -0.114. The van der Waals surface area contributed by atoms with Gasteiger partial charge in [-0.15, -0.1) is 0 Å². The van der Waals surface area contributed by atoms with Gasteiger partial charge in [-0.25, -0.2) is 0 Å². The number of furan rings is 1. The Morgan fingerprint density at radius 1 is 0.808 bits per heavy atom. The largest absolute Gasteiger partial charge is 0.451 e. The Hall–Kier alpha value is -3.60. The monoisotopic (exact) mass is 344 g/mol. The van der Waals surface area contributed by atoms with Crippen LogP contribution < -0.4 is 10.6 Å². The summed E-state index contributed by atoms with van der Waals surface area (Å²) in [5, 5.41) is 8.54. The van der Waals surface area contributed by atoms with Gasteiger partial charge in [0, 0.05) is 23.7 Å². The summed E-state index contributed by atoms with van der Waals surface area (Å²) >= 11 is 0. The molecule has 2 amide bonds. The number of hydrogen-bond donors (Lipinski definition) is 2. The maximum absolute atomic E-state index is 12.5. The molecule has 5 heteroatoms. The molecule has 0 atom stereocenters. The summed E-state index contributed by atoms with van der Waals surface area (Å²) < 4.78 is 5.72. The molecule has 26 heavy (non-hydrogen) atoms. The second-order valence-electron chi connectivity index (χ2n) is 6.02. The lowest BCUT2D eigenvalue weighted by atomic mass is 10.1. The van der Waals surface area contributed by atoms with Crippen molar-refractivity contribution in [2.45, 2.75) is 6.92 Å². The smallest absolute Gasteiger partial charge is 0.291 e. The molecule has 0 aliphatic carbocycles. The Labute approximate surface area is 149 Å². The van der Waals surface area contributed by atoms with Crippen LogP contribution in [0.15, 0.2) is 71.1 Å². The SMILES string of the molecule is CC(=O)Nc1ccc(NC(=O)c2cc3c(ccc4ccccc43)o2)cc1. The highest BCUT2D eigenvalue weighted by molar-refractivity contribution is 6.10. The summed E-state index contributed by atoms with van der Waals surface area (Å²) in [6.07, 6.45) is 0. The van der Waals surface area contributed by atoms with Crippen molar-refractivity contribution in [3.63, 3.8) is 0 Å². The van der Waals surface area contributed by atoms with E-state index in [1.807, 2.05) is 36.4 Å². The van der Waals surface area contributed by atoms with E-state index in [0.717, 1.165) is 16.2 Å². The number of amides is 2. The maximum Gasteiger partial charge on any atom is 0.291 e. The molecule has 1 aromatic heterocycles. The third-order valence-corrected chi connectivity index (χ3v) is 4.11. The van der Waals surface area contributed by atoms with E-state index in [4.69, 9.17) is 4.42 Å². The zero-order chi connectivity index (χ0) is 18.1. The van der Waals surface area contributed by atoms with Crippen molar-refractivity contribution in [1.29, 1.82) is 0 Å². The van der Waals surface area contributed by atoms with Crippen molar-refractivity contribution in [2.24, 2.45) is 0 Å². The minimum atomic E-state index is -0.322. The van der Waals surface area contributed by atoms with Gasteiger partial charge in [-0.1, -0.05) is 30.3 Å². The van der Waals surface area contributed by atoms with Crippen LogP contribution in [-0.4, -0.2) is 11.8 Å². The van der Waals surface area contributed by atoms with Gasteiger partial charge in [-0.3, -0.25) is 9.59 Å². The van der Waals surface area contributed by atoms with Crippen molar-refractivity contribution >= 4 is 44.9 Å². The van der Waals surface area contributed by atoms with E-state index in [2.05, 4.69) is 10.6 Å². The van der Waals surface area contributed by atoms with Gasteiger partial charge in [0.05, 0.1) is 0 Å². The number of fused-ring (bicyclic) bond motifs is 3. The van der Waals surface area contributed by atoms with Crippen molar-refractivity contribution < 1.29 is 14.0 Å². The zero-order valence-corrected chi connectivity index (χ0v) is 14.1. The van der Waals surface area contributed by atoms with Crippen LogP contribution in [-0.2, 0) is 4.79 Å². The van der Waals surface area contributed by atoms with Crippen LogP contribution in [0.2, 0.25) is 0 Å². The summed E-state index contributed by atoms with van der Waals surface area (Å²) in [6.45, 7) is 1.45. The molecule has 0 unspecified atom stereocenters. The maximum atomic E-state index is 12.5. The minimum Gasteiger partial charge on any atom is -0.451 e. The number of carbonyl (C=O) groups is 2. The van der Waals surface area contributed by atoms with E-state index in [9.17, 15) is 9.59 Å². The predicted octanol–water partition coefficient (Wildman–Crippen LogP) is 4.80. The first-order valence-corrected chi connectivity index (χ1v) is 8.20. The molecule has 0 radical (unpaired) electrons. The third-order valence-electron chi connectivity index (χ3n) is 4.11. The van der Waals surface area contributed by atoms with Gasteiger partial charge in [-0.05, 0) is 47.2 Å². The fraction of sp³-hybridized carbons (Fsp3) is 0.0476. The van der Waals surface area contributed by atoms with Gasteiger partial charge in [0.25, 0.3) is 5.91 Å². The fourth-order valence-corrected chi connectivity index (χ4v) is 2.94. The molecule has 4 rings (SSSR count). The molecule has 0 bridgehead atoms.